The van der Waals surface area contributed by atoms with Gasteiger partial charge in [0.1, 0.15) is 24.7 Å². The summed E-state index contributed by atoms with van der Waals surface area (Å²) < 4.78 is 65.2. The molecule has 3 aromatic carbocycles. The lowest BCUT2D eigenvalue weighted by Crippen LogP contribution is -2.38. The number of nitrogen functional groups attached to an aromatic ring is 1. The predicted molar refractivity (Wildman–Crippen MR) is 217 cm³/mol. The number of morpholine rings is 2. The van der Waals surface area contributed by atoms with Crippen molar-refractivity contribution in [1.82, 2.24) is 29.4 Å². The first kappa shape index (κ1) is 42.8. The minimum absolute atomic E-state index is 0.106. The Hall–Kier alpha value is -4.84. The van der Waals surface area contributed by atoms with E-state index in [0.717, 1.165) is 81.6 Å². The molecule has 3 N–H and O–H groups in total. The lowest BCUT2D eigenvalue weighted by Gasteiger charge is -2.26. The number of aromatic nitrogens is 4. The van der Waals surface area contributed by atoms with Crippen molar-refractivity contribution in [3.8, 4) is 34.0 Å². The molecule has 0 unspecified atom stereocenters. The third-order valence-electron chi connectivity index (χ3n) is 9.53. The third kappa shape index (κ3) is 11.2. The molecule has 310 valence electrons. The molecule has 13 nitrogen and oxygen atoms in total. The second-order valence-electron chi connectivity index (χ2n) is 13.5. The fourth-order valence-electron chi connectivity index (χ4n) is 6.46. The number of carbonyl (C=O) groups excluding carboxylic acids is 1. The van der Waals surface area contributed by atoms with Crippen molar-refractivity contribution in [2.45, 2.75) is 6.18 Å². The zero-order valence-electron chi connectivity index (χ0n) is 32.1. The van der Waals surface area contributed by atoms with Crippen LogP contribution < -0.4 is 20.5 Å². The average Bonchev–Trinajstić information content (AvgIpc) is 3.74. The van der Waals surface area contributed by atoms with E-state index in [1.165, 1.54) is 18.3 Å². The minimum atomic E-state index is -4.54. The Morgan fingerprint density at radius 1 is 0.776 bits per heavy atom. The van der Waals surface area contributed by atoms with Crippen molar-refractivity contribution < 1.29 is 36.9 Å². The van der Waals surface area contributed by atoms with Gasteiger partial charge in [-0.15, -0.1) is 0 Å². The maximum atomic E-state index is 13.0. The van der Waals surface area contributed by atoms with Crippen molar-refractivity contribution in [3.63, 3.8) is 0 Å². The smallest absolute Gasteiger partial charge is 0.416 e. The van der Waals surface area contributed by atoms with E-state index in [2.05, 4.69) is 25.3 Å². The van der Waals surface area contributed by atoms with Crippen LogP contribution in [0, 0.1) is 0 Å². The number of benzene rings is 3. The van der Waals surface area contributed by atoms with E-state index in [0.29, 0.717) is 64.9 Å². The molecule has 7 rings (SSSR count). The lowest BCUT2D eigenvalue weighted by molar-refractivity contribution is -0.137. The van der Waals surface area contributed by atoms with E-state index in [1.807, 2.05) is 25.2 Å². The highest BCUT2D eigenvalue weighted by molar-refractivity contribution is 6.33. The standard InChI is InChI=1S/C24H24ClF3N4O3.C16H21ClN4O2/c1-31-22(20(25)15-29-31)19-14-18(5-6-21(19)35-12-9-32-7-10-34-11-8-32)30-23(33)16-3-2-4-17(13-16)24(26,27)28;1-20-16(14(17)11-19-20)13-10-12(18)2-3-15(13)23-9-6-21-4-7-22-8-5-21/h2-6,13-15H,7-12H2,1H3,(H,30,33);2-3,10-11H,4-9,18H2,1H3. The van der Waals surface area contributed by atoms with Gasteiger partial charge in [0.2, 0.25) is 0 Å². The summed E-state index contributed by atoms with van der Waals surface area (Å²) in [7, 11) is 3.58. The number of halogens is 5. The topological polar surface area (TPSA) is 134 Å². The normalized spacial score (nSPS) is 15.1. The summed E-state index contributed by atoms with van der Waals surface area (Å²) in [6, 6.07) is 14.8. The van der Waals surface area contributed by atoms with Gasteiger partial charge in [-0.3, -0.25) is 24.0 Å². The van der Waals surface area contributed by atoms with Gasteiger partial charge >= 0.3 is 6.18 Å². The van der Waals surface area contributed by atoms with Crippen LogP contribution >= 0.6 is 23.2 Å². The van der Waals surface area contributed by atoms with Crippen LogP contribution in [-0.2, 0) is 29.7 Å². The van der Waals surface area contributed by atoms with Crippen LogP contribution in [0.15, 0.2) is 73.1 Å². The summed E-state index contributed by atoms with van der Waals surface area (Å²) >= 11 is 12.6. The van der Waals surface area contributed by atoms with Crippen LogP contribution in [0.25, 0.3) is 22.5 Å². The second-order valence-corrected chi connectivity index (χ2v) is 14.3. The van der Waals surface area contributed by atoms with E-state index in [1.54, 1.807) is 40.8 Å². The molecule has 2 saturated heterocycles. The number of hydrogen-bond acceptors (Lipinski definition) is 10. The van der Waals surface area contributed by atoms with Gasteiger partial charge < -0.3 is 30.0 Å². The van der Waals surface area contributed by atoms with E-state index in [9.17, 15) is 18.0 Å². The summed E-state index contributed by atoms with van der Waals surface area (Å²) in [5.41, 5.74) is 8.82. The van der Waals surface area contributed by atoms with Gasteiger partial charge in [0.05, 0.1) is 65.8 Å². The molecule has 2 aliphatic rings. The fourth-order valence-corrected chi connectivity index (χ4v) is 7.00. The van der Waals surface area contributed by atoms with Gasteiger partial charge in [0, 0.05) is 81.4 Å². The van der Waals surface area contributed by atoms with E-state index in [-0.39, 0.29) is 5.56 Å². The number of hydrogen-bond donors (Lipinski definition) is 2. The summed E-state index contributed by atoms with van der Waals surface area (Å²) in [6.07, 6.45) is -1.42. The Bertz CT molecular complexity index is 2110. The largest absolute Gasteiger partial charge is 0.492 e. The highest BCUT2D eigenvalue weighted by Crippen LogP contribution is 2.38. The van der Waals surface area contributed by atoms with Crippen LogP contribution in [0.2, 0.25) is 10.0 Å². The number of anilines is 2. The van der Waals surface area contributed by atoms with Crippen LogP contribution in [0.4, 0.5) is 24.5 Å². The number of ether oxygens (including phenoxy) is 4. The molecule has 0 radical (unpaired) electrons. The second kappa shape index (κ2) is 19.7. The molecule has 4 heterocycles. The number of amides is 1. The Labute approximate surface area is 344 Å². The summed E-state index contributed by atoms with van der Waals surface area (Å²) in [5, 5.41) is 12.0. The maximum absolute atomic E-state index is 13.0. The van der Waals surface area contributed by atoms with Crippen molar-refractivity contribution in [3.05, 3.63) is 94.2 Å². The highest BCUT2D eigenvalue weighted by Gasteiger charge is 2.31. The van der Waals surface area contributed by atoms with Crippen LogP contribution in [-0.4, -0.2) is 114 Å². The highest BCUT2D eigenvalue weighted by atomic mass is 35.5. The Balaban J connectivity index is 0.000000213. The first-order valence-corrected chi connectivity index (χ1v) is 19.4. The number of aryl methyl sites for hydroxylation is 2. The molecule has 0 atom stereocenters. The molecule has 2 aromatic heterocycles. The predicted octanol–water partition coefficient (Wildman–Crippen LogP) is 6.76. The molecule has 2 fully saturated rings. The fraction of sp³-hybridized carbons (Fsp3) is 0.375. The molecular formula is C40H45Cl2F3N8O5. The molecule has 18 heteroatoms. The van der Waals surface area contributed by atoms with Crippen molar-refractivity contribution in [1.29, 1.82) is 0 Å². The van der Waals surface area contributed by atoms with E-state index >= 15 is 0 Å². The van der Waals surface area contributed by atoms with Crippen LogP contribution in [0.3, 0.4) is 0 Å². The number of nitrogens with one attached hydrogen (secondary N) is 1. The van der Waals surface area contributed by atoms with Gasteiger partial charge in [0.25, 0.3) is 5.91 Å². The summed E-state index contributed by atoms with van der Waals surface area (Å²) in [6.45, 7) is 9.15. The van der Waals surface area contributed by atoms with Gasteiger partial charge in [-0.25, -0.2) is 0 Å². The molecule has 1 amide bonds. The van der Waals surface area contributed by atoms with Crippen molar-refractivity contribution in [2.75, 3.05) is 90.0 Å². The van der Waals surface area contributed by atoms with Gasteiger partial charge in [-0.1, -0.05) is 29.3 Å². The number of nitrogens with zero attached hydrogens (tertiary/aromatic N) is 6. The van der Waals surface area contributed by atoms with Gasteiger partial charge in [-0.2, -0.15) is 23.4 Å². The zero-order valence-corrected chi connectivity index (χ0v) is 33.6. The van der Waals surface area contributed by atoms with Crippen molar-refractivity contribution in [2.24, 2.45) is 14.1 Å². The van der Waals surface area contributed by atoms with Crippen LogP contribution in [0.1, 0.15) is 15.9 Å². The van der Waals surface area contributed by atoms with E-state index < -0.39 is 17.6 Å². The zero-order chi connectivity index (χ0) is 41.2. The Morgan fingerprint density at radius 2 is 1.29 bits per heavy atom. The Kier molecular flexibility index (Phi) is 14.6. The average molecular weight is 846 g/mol. The number of carbonyl (C=O) groups is 1. The first-order chi connectivity index (χ1) is 27.9. The number of nitrogens with two attached hydrogens (primary N) is 1. The Morgan fingerprint density at radius 3 is 1.79 bits per heavy atom. The molecule has 0 aliphatic carbocycles. The van der Waals surface area contributed by atoms with Gasteiger partial charge in [0.15, 0.2) is 0 Å². The molecule has 0 bridgehead atoms. The minimum Gasteiger partial charge on any atom is -0.492 e. The monoisotopic (exact) mass is 844 g/mol. The third-order valence-corrected chi connectivity index (χ3v) is 10.1. The molecule has 0 spiro atoms. The molecule has 2 aliphatic heterocycles. The summed E-state index contributed by atoms with van der Waals surface area (Å²) in [5.74, 6) is 0.637. The molecule has 5 aromatic rings. The molecule has 0 saturated carbocycles. The number of rotatable bonds is 12. The summed E-state index contributed by atoms with van der Waals surface area (Å²) in [4.78, 5) is 17.3. The van der Waals surface area contributed by atoms with Crippen molar-refractivity contribution >= 4 is 40.5 Å². The lowest BCUT2D eigenvalue weighted by atomic mass is 10.1. The quantitative estimate of drug-likeness (QED) is 0.130. The molecule has 58 heavy (non-hydrogen) atoms. The van der Waals surface area contributed by atoms with Crippen LogP contribution in [0.5, 0.6) is 11.5 Å². The number of alkyl halides is 3. The first-order valence-electron chi connectivity index (χ1n) is 18.6. The maximum Gasteiger partial charge on any atom is 0.416 e. The molecular weight excluding hydrogens is 800 g/mol. The van der Waals surface area contributed by atoms with E-state index in [4.69, 9.17) is 47.9 Å². The van der Waals surface area contributed by atoms with Gasteiger partial charge in [-0.05, 0) is 54.6 Å². The SMILES string of the molecule is Cn1ncc(Cl)c1-c1cc(N)ccc1OCCN1CCOCC1.Cn1ncc(Cl)c1-c1cc(NC(=O)c2cccc(C(F)(F)F)c2)ccc1OCCN1CCOCC1.